The Morgan fingerprint density at radius 2 is 1.91 bits per heavy atom. The number of fused-ring (bicyclic) bond motifs is 3. The molecule has 0 bridgehead atoms. The van der Waals surface area contributed by atoms with E-state index in [1.807, 2.05) is 12.1 Å². The van der Waals surface area contributed by atoms with Gasteiger partial charge in [0.1, 0.15) is 5.82 Å². The van der Waals surface area contributed by atoms with Crippen molar-refractivity contribution >= 4 is 22.6 Å². The van der Waals surface area contributed by atoms with Gasteiger partial charge in [-0.05, 0) is 30.7 Å². The Bertz CT molecular complexity index is 810. The maximum Gasteiger partial charge on any atom is 0.124 e. The van der Waals surface area contributed by atoms with Crippen LogP contribution in [0.25, 0.3) is 11.0 Å². The van der Waals surface area contributed by atoms with Crippen LogP contribution in [-0.4, -0.2) is 21.0 Å². The molecular formula is C18H18ClN3. The molecule has 0 aliphatic carbocycles. The molecule has 22 heavy (non-hydrogen) atoms. The molecule has 0 N–H and O–H groups in total. The summed E-state index contributed by atoms with van der Waals surface area (Å²) in [5.74, 6) is 1.13. The lowest BCUT2D eigenvalue weighted by Crippen LogP contribution is -2.35. The summed E-state index contributed by atoms with van der Waals surface area (Å²) < 4.78 is 2.32. The summed E-state index contributed by atoms with van der Waals surface area (Å²) in [4.78, 5) is 7.26. The fourth-order valence-corrected chi connectivity index (χ4v) is 3.45. The summed E-state index contributed by atoms with van der Waals surface area (Å²) in [6.45, 7) is 5.16. The average molecular weight is 312 g/mol. The standard InChI is InChI=1S/C18H18ClN3/c1-13(14-5-3-2-4-6-14)21-9-10-22-17-8-7-15(19)11-16(17)20-18(22)12-21/h2-8,11,13H,9-10,12H2,1H3/t13-/m0/s1. The molecule has 2 heterocycles. The lowest BCUT2D eigenvalue weighted by molar-refractivity contribution is 0.165. The molecule has 0 saturated carbocycles. The molecule has 0 unspecified atom stereocenters. The van der Waals surface area contributed by atoms with E-state index in [4.69, 9.17) is 16.6 Å². The van der Waals surface area contributed by atoms with E-state index in [0.717, 1.165) is 36.0 Å². The molecule has 4 heteroatoms. The number of nitrogens with zero attached hydrogens (tertiary/aromatic N) is 3. The monoisotopic (exact) mass is 311 g/mol. The quantitative estimate of drug-likeness (QED) is 0.705. The summed E-state index contributed by atoms with van der Waals surface area (Å²) >= 11 is 6.08. The maximum atomic E-state index is 6.08. The van der Waals surface area contributed by atoms with Crippen molar-refractivity contribution < 1.29 is 0 Å². The first-order chi connectivity index (χ1) is 10.7. The van der Waals surface area contributed by atoms with Gasteiger partial charge in [0.15, 0.2) is 0 Å². The Balaban J connectivity index is 1.65. The number of hydrogen-bond acceptors (Lipinski definition) is 2. The van der Waals surface area contributed by atoms with E-state index < -0.39 is 0 Å². The summed E-state index contributed by atoms with van der Waals surface area (Å²) in [7, 11) is 0. The first kappa shape index (κ1) is 13.8. The first-order valence-corrected chi connectivity index (χ1v) is 8.04. The fraction of sp³-hybridized carbons (Fsp3) is 0.278. The van der Waals surface area contributed by atoms with Crippen LogP contribution >= 0.6 is 11.6 Å². The third kappa shape index (κ3) is 2.31. The van der Waals surface area contributed by atoms with Crippen molar-refractivity contribution in [2.75, 3.05) is 6.54 Å². The number of aromatic nitrogens is 2. The first-order valence-electron chi connectivity index (χ1n) is 7.66. The summed E-state index contributed by atoms with van der Waals surface area (Å²) in [5, 5.41) is 0.748. The maximum absolute atomic E-state index is 6.08. The zero-order valence-corrected chi connectivity index (χ0v) is 13.3. The Labute approximate surface area is 135 Å². The molecule has 0 saturated heterocycles. The van der Waals surface area contributed by atoms with Crippen LogP contribution in [0.5, 0.6) is 0 Å². The Morgan fingerprint density at radius 1 is 1.09 bits per heavy atom. The lowest BCUT2D eigenvalue weighted by atomic mass is 10.1. The van der Waals surface area contributed by atoms with Gasteiger partial charge in [-0.2, -0.15) is 0 Å². The summed E-state index contributed by atoms with van der Waals surface area (Å²) in [6, 6.07) is 17.0. The second-order valence-corrected chi connectivity index (χ2v) is 6.31. The zero-order chi connectivity index (χ0) is 15.1. The molecule has 1 aliphatic heterocycles. The van der Waals surface area contributed by atoms with Crippen molar-refractivity contribution in [2.24, 2.45) is 0 Å². The highest BCUT2D eigenvalue weighted by atomic mass is 35.5. The Morgan fingerprint density at radius 3 is 2.73 bits per heavy atom. The van der Waals surface area contributed by atoms with Crippen LogP contribution in [0.2, 0.25) is 5.02 Å². The Kier molecular flexibility index (Phi) is 3.40. The third-order valence-corrected chi connectivity index (χ3v) is 4.81. The molecule has 1 aromatic heterocycles. The van der Waals surface area contributed by atoms with E-state index in [2.05, 4.69) is 52.8 Å². The van der Waals surface area contributed by atoms with E-state index in [1.165, 1.54) is 11.1 Å². The van der Waals surface area contributed by atoms with Gasteiger partial charge in [0.25, 0.3) is 0 Å². The highest BCUT2D eigenvalue weighted by Crippen LogP contribution is 2.28. The van der Waals surface area contributed by atoms with Crippen LogP contribution in [0, 0.1) is 0 Å². The molecule has 0 radical (unpaired) electrons. The van der Waals surface area contributed by atoms with E-state index in [1.54, 1.807) is 0 Å². The molecule has 1 atom stereocenters. The molecule has 112 valence electrons. The van der Waals surface area contributed by atoms with Gasteiger partial charge < -0.3 is 4.57 Å². The SMILES string of the molecule is C[C@@H](c1ccccc1)N1CCn2c(nc3cc(Cl)ccc32)C1. The van der Waals surface area contributed by atoms with Gasteiger partial charge in [0.2, 0.25) is 0 Å². The van der Waals surface area contributed by atoms with Crippen LogP contribution in [0.4, 0.5) is 0 Å². The summed E-state index contributed by atoms with van der Waals surface area (Å²) in [5.41, 5.74) is 3.54. The van der Waals surface area contributed by atoms with E-state index in [-0.39, 0.29) is 0 Å². The van der Waals surface area contributed by atoms with Crippen molar-refractivity contribution in [1.82, 2.24) is 14.5 Å². The van der Waals surface area contributed by atoms with Crippen LogP contribution in [0.1, 0.15) is 24.4 Å². The van der Waals surface area contributed by atoms with Crippen LogP contribution in [0.15, 0.2) is 48.5 Å². The van der Waals surface area contributed by atoms with Crippen molar-refractivity contribution in [3.63, 3.8) is 0 Å². The summed E-state index contributed by atoms with van der Waals surface area (Å²) in [6.07, 6.45) is 0. The van der Waals surface area contributed by atoms with Crippen LogP contribution in [0.3, 0.4) is 0 Å². The molecule has 2 aromatic carbocycles. The fourth-order valence-electron chi connectivity index (χ4n) is 3.29. The minimum Gasteiger partial charge on any atom is -0.326 e. The predicted molar refractivity (Wildman–Crippen MR) is 90.0 cm³/mol. The van der Waals surface area contributed by atoms with Crippen LogP contribution < -0.4 is 0 Å². The van der Waals surface area contributed by atoms with Gasteiger partial charge in [-0.25, -0.2) is 4.98 Å². The average Bonchev–Trinajstić information content (AvgIpc) is 2.91. The van der Waals surface area contributed by atoms with Crippen molar-refractivity contribution in [3.8, 4) is 0 Å². The normalized spacial score (nSPS) is 16.6. The number of hydrogen-bond donors (Lipinski definition) is 0. The molecule has 3 nitrogen and oxygen atoms in total. The van der Waals surface area contributed by atoms with Crippen molar-refractivity contribution in [1.29, 1.82) is 0 Å². The predicted octanol–water partition coefficient (Wildman–Crippen LogP) is 4.27. The van der Waals surface area contributed by atoms with E-state index >= 15 is 0 Å². The van der Waals surface area contributed by atoms with E-state index in [0.29, 0.717) is 6.04 Å². The number of imidazole rings is 1. The van der Waals surface area contributed by atoms with Gasteiger partial charge in [0.05, 0.1) is 17.6 Å². The minimum atomic E-state index is 0.401. The highest BCUT2D eigenvalue weighted by Gasteiger charge is 2.24. The molecular weight excluding hydrogens is 294 g/mol. The van der Waals surface area contributed by atoms with Crippen molar-refractivity contribution in [2.45, 2.75) is 26.1 Å². The molecule has 0 fully saturated rings. The third-order valence-electron chi connectivity index (χ3n) is 4.57. The highest BCUT2D eigenvalue weighted by molar-refractivity contribution is 6.31. The van der Waals surface area contributed by atoms with Crippen molar-refractivity contribution in [3.05, 3.63) is 64.9 Å². The Hall–Kier alpha value is -1.84. The van der Waals surface area contributed by atoms with Gasteiger partial charge in [0, 0.05) is 24.2 Å². The van der Waals surface area contributed by atoms with Crippen LogP contribution in [-0.2, 0) is 13.1 Å². The lowest BCUT2D eigenvalue weighted by Gasteiger charge is -2.33. The number of rotatable bonds is 2. The topological polar surface area (TPSA) is 21.1 Å². The molecule has 0 amide bonds. The largest absolute Gasteiger partial charge is 0.326 e. The molecule has 3 aromatic rings. The minimum absolute atomic E-state index is 0.401. The van der Waals surface area contributed by atoms with Gasteiger partial charge in [-0.1, -0.05) is 41.9 Å². The van der Waals surface area contributed by atoms with E-state index in [9.17, 15) is 0 Å². The second-order valence-electron chi connectivity index (χ2n) is 5.87. The zero-order valence-electron chi connectivity index (χ0n) is 12.5. The molecule has 0 spiro atoms. The molecule has 4 rings (SSSR count). The smallest absolute Gasteiger partial charge is 0.124 e. The van der Waals surface area contributed by atoms with Gasteiger partial charge in [-0.15, -0.1) is 0 Å². The second kappa shape index (κ2) is 5.41. The number of benzene rings is 2. The number of halogens is 1. The van der Waals surface area contributed by atoms with Gasteiger partial charge in [-0.3, -0.25) is 4.90 Å². The van der Waals surface area contributed by atoms with Gasteiger partial charge >= 0.3 is 0 Å². The molecule has 1 aliphatic rings.